The molecule has 1 aromatic heterocycles. The van der Waals surface area contributed by atoms with Crippen molar-refractivity contribution in [2.45, 2.75) is 39.0 Å². The Bertz CT molecular complexity index is 379. The fourth-order valence-corrected chi connectivity index (χ4v) is 1.82. The Morgan fingerprint density at radius 2 is 2.17 bits per heavy atom. The van der Waals surface area contributed by atoms with Crippen molar-refractivity contribution in [3.8, 4) is 0 Å². The Balaban J connectivity index is 1.80. The summed E-state index contributed by atoms with van der Waals surface area (Å²) in [7, 11) is 0. The van der Waals surface area contributed by atoms with Crippen LogP contribution in [0.4, 0.5) is 16.2 Å². The Labute approximate surface area is 107 Å². The molecule has 1 aliphatic rings. The highest BCUT2D eigenvalue weighted by Crippen LogP contribution is 2.33. The molecule has 0 unspecified atom stereocenters. The molecule has 0 bridgehead atoms. The SMILES string of the molecule is CCCNc1ncc(F)c(NCCCC2CC2)n1. The fraction of sp³-hybridized carbons (Fsp3) is 0.692. The molecular formula is C13H21FN4. The Morgan fingerprint density at radius 3 is 2.89 bits per heavy atom. The third-order valence-corrected chi connectivity index (χ3v) is 3.06. The number of hydrogen-bond donors (Lipinski definition) is 2. The van der Waals surface area contributed by atoms with Crippen LogP contribution in [0.15, 0.2) is 6.20 Å². The second kappa shape index (κ2) is 6.52. The summed E-state index contributed by atoms with van der Waals surface area (Å²) in [6.07, 6.45) is 7.26. The van der Waals surface area contributed by atoms with Gasteiger partial charge in [-0.3, -0.25) is 0 Å². The molecule has 1 aliphatic carbocycles. The molecule has 0 atom stereocenters. The lowest BCUT2D eigenvalue weighted by Crippen LogP contribution is -2.10. The largest absolute Gasteiger partial charge is 0.367 e. The summed E-state index contributed by atoms with van der Waals surface area (Å²) < 4.78 is 13.5. The van der Waals surface area contributed by atoms with E-state index in [1.165, 1.54) is 25.5 Å². The normalized spacial score (nSPS) is 14.6. The van der Waals surface area contributed by atoms with Crippen LogP contribution in [0.1, 0.15) is 39.0 Å². The molecule has 0 amide bonds. The Hall–Kier alpha value is -1.39. The van der Waals surface area contributed by atoms with Gasteiger partial charge in [-0.25, -0.2) is 9.37 Å². The third kappa shape index (κ3) is 4.13. The van der Waals surface area contributed by atoms with Gasteiger partial charge in [0.05, 0.1) is 6.20 Å². The molecule has 0 saturated heterocycles. The Kier molecular flexibility index (Phi) is 4.73. The first-order valence-electron chi connectivity index (χ1n) is 6.80. The molecule has 1 fully saturated rings. The number of nitrogens with zero attached hydrogens (tertiary/aromatic N) is 2. The maximum absolute atomic E-state index is 13.5. The lowest BCUT2D eigenvalue weighted by atomic mass is 10.2. The molecule has 0 spiro atoms. The van der Waals surface area contributed by atoms with Crippen LogP contribution >= 0.6 is 0 Å². The number of rotatable bonds is 8. The molecule has 4 nitrogen and oxygen atoms in total. The number of anilines is 2. The second-order valence-electron chi connectivity index (χ2n) is 4.83. The zero-order valence-electron chi connectivity index (χ0n) is 10.9. The molecule has 1 saturated carbocycles. The van der Waals surface area contributed by atoms with Gasteiger partial charge in [-0.15, -0.1) is 0 Å². The van der Waals surface area contributed by atoms with Crippen molar-refractivity contribution >= 4 is 11.8 Å². The predicted molar refractivity (Wildman–Crippen MR) is 71.2 cm³/mol. The first kappa shape index (κ1) is 13.1. The van der Waals surface area contributed by atoms with Crippen molar-refractivity contribution < 1.29 is 4.39 Å². The highest BCUT2D eigenvalue weighted by atomic mass is 19.1. The van der Waals surface area contributed by atoms with E-state index >= 15 is 0 Å². The van der Waals surface area contributed by atoms with Gasteiger partial charge < -0.3 is 10.6 Å². The number of nitrogens with one attached hydrogen (secondary N) is 2. The van der Waals surface area contributed by atoms with E-state index in [2.05, 4.69) is 27.5 Å². The van der Waals surface area contributed by atoms with Crippen LogP contribution in [-0.2, 0) is 0 Å². The van der Waals surface area contributed by atoms with Gasteiger partial charge in [-0.2, -0.15) is 4.98 Å². The van der Waals surface area contributed by atoms with E-state index in [0.29, 0.717) is 11.8 Å². The summed E-state index contributed by atoms with van der Waals surface area (Å²) in [6.45, 7) is 3.64. The van der Waals surface area contributed by atoms with Gasteiger partial charge >= 0.3 is 0 Å². The van der Waals surface area contributed by atoms with Crippen LogP contribution in [0.3, 0.4) is 0 Å². The number of aromatic nitrogens is 2. The van der Waals surface area contributed by atoms with E-state index in [9.17, 15) is 4.39 Å². The van der Waals surface area contributed by atoms with Crippen LogP contribution in [0.2, 0.25) is 0 Å². The first-order valence-corrected chi connectivity index (χ1v) is 6.80. The topological polar surface area (TPSA) is 49.8 Å². The van der Waals surface area contributed by atoms with Crippen molar-refractivity contribution in [2.24, 2.45) is 5.92 Å². The molecule has 100 valence electrons. The quantitative estimate of drug-likeness (QED) is 0.698. The predicted octanol–water partition coefficient (Wildman–Crippen LogP) is 3.04. The highest BCUT2D eigenvalue weighted by Gasteiger charge is 2.20. The Morgan fingerprint density at radius 1 is 1.33 bits per heavy atom. The van der Waals surface area contributed by atoms with Crippen molar-refractivity contribution in [1.29, 1.82) is 0 Å². The van der Waals surface area contributed by atoms with E-state index in [4.69, 9.17) is 0 Å². The summed E-state index contributed by atoms with van der Waals surface area (Å²) in [5.41, 5.74) is 0. The zero-order valence-corrected chi connectivity index (χ0v) is 10.9. The van der Waals surface area contributed by atoms with Crippen LogP contribution in [0.5, 0.6) is 0 Å². The number of hydrogen-bond acceptors (Lipinski definition) is 4. The molecule has 5 heteroatoms. The molecule has 1 aromatic rings. The van der Waals surface area contributed by atoms with Crippen LogP contribution in [0.25, 0.3) is 0 Å². The van der Waals surface area contributed by atoms with E-state index in [-0.39, 0.29) is 5.82 Å². The molecule has 2 rings (SSSR count). The van der Waals surface area contributed by atoms with Crippen molar-refractivity contribution in [1.82, 2.24) is 9.97 Å². The summed E-state index contributed by atoms with van der Waals surface area (Å²) in [6, 6.07) is 0. The average Bonchev–Trinajstić information content (AvgIpc) is 3.19. The molecule has 18 heavy (non-hydrogen) atoms. The van der Waals surface area contributed by atoms with Gasteiger partial charge in [0.1, 0.15) is 0 Å². The fourth-order valence-electron chi connectivity index (χ4n) is 1.82. The molecule has 0 aromatic carbocycles. The van der Waals surface area contributed by atoms with Gasteiger partial charge in [-0.1, -0.05) is 19.8 Å². The average molecular weight is 252 g/mol. The second-order valence-corrected chi connectivity index (χ2v) is 4.83. The van der Waals surface area contributed by atoms with Gasteiger partial charge in [-0.05, 0) is 25.2 Å². The molecule has 0 aliphatic heterocycles. The smallest absolute Gasteiger partial charge is 0.224 e. The maximum Gasteiger partial charge on any atom is 0.224 e. The van der Waals surface area contributed by atoms with E-state index < -0.39 is 0 Å². The lowest BCUT2D eigenvalue weighted by molar-refractivity contribution is 0.614. The molecule has 0 radical (unpaired) electrons. The summed E-state index contributed by atoms with van der Waals surface area (Å²) in [5, 5.41) is 6.10. The van der Waals surface area contributed by atoms with Crippen LogP contribution < -0.4 is 10.6 Å². The van der Waals surface area contributed by atoms with E-state index in [1.54, 1.807) is 0 Å². The minimum Gasteiger partial charge on any atom is -0.367 e. The molecule has 2 N–H and O–H groups in total. The molecular weight excluding hydrogens is 231 g/mol. The minimum absolute atomic E-state index is 0.305. The lowest BCUT2D eigenvalue weighted by Gasteiger charge is -2.08. The summed E-state index contributed by atoms with van der Waals surface area (Å²) >= 11 is 0. The van der Waals surface area contributed by atoms with Crippen molar-refractivity contribution in [3.05, 3.63) is 12.0 Å². The standard InChI is InChI=1S/C13H21FN4/c1-2-7-16-13-17-9-11(14)12(18-13)15-8-3-4-10-5-6-10/h9-10H,2-8H2,1H3,(H2,15,16,17,18). The summed E-state index contributed by atoms with van der Waals surface area (Å²) in [4.78, 5) is 8.04. The third-order valence-electron chi connectivity index (χ3n) is 3.06. The summed E-state index contributed by atoms with van der Waals surface area (Å²) in [5.74, 6) is 1.33. The van der Waals surface area contributed by atoms with Gasteiger partial charge in [0.2, 0.25) is 5.95 Å². The van der Waals surface area contributed by atoms with Gasteiger partial charge in [0.25, 0.3) is 0 Å². The monoisotopic (exact) mass is 252 g/mol. The van der Waals surface area contributed by atoms with Crippen LogP contribution in [0, 0.1) is 11.7 Å². The highest BCUT2D eigenvalue weighted by molar-refractivity contribution is 5.40. The zero-order chi connectivity index (χ0) is 12.8. The first-order chi connectivity index (χ1) is 8.79. The van der Waals surface area contributed by atoms with Gasteiger partial charge in [0, 0.05) is 13.1 Å². The molecule has 1 heterocycles. The maximum atomic E-state index is 13.5. The van der Waals surface area contributed by atoms with Crippen molar-refractivity contribution in [3.63, 3.8) is 0 Å². The van der Waals surface area contributed by atoms with E-state index in [0.717, 1.165) is 31.8 Å². The van der Waals surface area contributed by atoms with Gasteiger partial charge in [0.15, 0.2) is 11.6 Å². The van der Waals surface area contributed by atoms with E-state index in [1.807, 2.05) is 0 Å². The van der Waals surface area contributed by atoms with Crippen LogP contribution in [-0.4, -0.2) is 23.1 Å². The minimum atomic E-state index is -0.386. The number of halogens is 1. The van der Waals surface area contributed by atoms with Crippen molar-refractivity contribution in [2.75, 3.05) is 23.7 Å².